The number of hydrogen-bond donors (Lipinski definition) is 1. The second-order valence-corrected chi connectivity index (χ2v) is 6.39. The van der Waals surface area contributed by atoms with Crippen LogP contribution in [0, 0.1) is 6.92 Å². The Morgan fingerprint density at radius 2 is 2.22 bits per heavy atom. The number of nitrogens with zero attached hydrogens (tertiary/aromatic N) is 3. The maximum absolute atomic E-state index is 11.1. The largest absolute Gasteiger partial charge is 0.309 e. The fourth-order valence-electron chi connectivity index (χ4n) is 3.27. The highest BCUT2D eigenvalue weighted by atomic mass is 16.1. The first kappa shape index (κ1) is 15.7. The normalized spacial score (nSPS) is 19.7. The van der Waals surface area contributed by atoms with Crippen molar-refractivity contribution in [2.24, 2.45) is 0 Å². The van der Waals surface area contributed by atoms with Crippen LogP contribution in [-0.2, 0) is 4.79 Å². The SMILES string of the molecule is CC(=O)Nc1ccn(C2CCN(C(C)c3cccc(C)c3)C2)n1. The fourth-order valence-corrected chi connectivity index (χ4v) is 3.27. The molecule has 1 aromatic heterocycles. The van der Waals surface area contributed by atoms with Crippen LogP contribution in [0.3, 0.4) is 0 Å². The van der Waals surface area contributed by atoms with E-state index < -0.39 is 0 Å². The molecular formula is C18H24N4O. The third-order valence-corrected chi connectivity index (χ3v) is 4.55. The van der Waals surface area contributed by atoms with Crippen LogP contribution in [0.25, 0.3) is 0 Å². The number of anilines is 1. The summed E-state index contributed by atoms with van der Waals surface area (Å²) in [7, 11) is 0. The Bertz CT molecular complexity index is 694. The molecule has 0 saturated carbocycles. The summed E-state index contributed by atoms with van der Waals surface area (Å²) in [6, 6.07) is 11.4. The number of aromatic nitrogens is 2. The van der Waals surface area contributed by atoms with E-state index in [9.17, 15) is 4.79 Å². The molecule has 5 nitrogen and oxygen atoms in total. The van der Waals surface area contributed by atoms with Gasteiger partial charge in [-0.25, -0.2) is 0 Å². The average molecular weight is 312 g/mol. The summed E-state index contributed by atoms with van der Waals surface area (Å²) >= 11 is 0. The first-order valence-corrected chi connectivity index (χ1v) is 8.16. The highest BCUT2D eigenvalue weighted by Crippen LogP contribution is 2.30. The molecule has 1 fully saturated rings. The van der Waals surface area contributed by atoms with Gasteiger partial charge in [-0.3, -0.25) is 14.4 Å². The topological polar surface area (TPSA) is 50.2 Å². The minimum atomic E-state index is -0.0867. The van der Waals surface area contributed by atoms with Gasteiger partial charge in [-0.2, -0.15) is 5.10 Å². The lowest BCUT2D eigenvalue weighted by Crippen LogP contribution is -2.25. The Labute approximate surface area is 137 Å². The molecule has 2 unspecified atom stereocenters. The van der Waals surface area contributed by atoms with Gasteiger partial charge >= 0.3 is 0 Å². The van der Waals surface area contributed by atoms with Gasteiger partial charge in [-0.1, -0.05) is 29.8 Å². The maximum Gasteiger partial charge on any atom is 0.222 e. The molecule has 3 rings (SSSR count). The highest BCUT2D eigenvalue weighted by molar-refractivity contribution is 5.87. The number of likely N-dealkylation sites (tertiary alicyclic amines) is 1. The van der Waals surface area contributed by atoms with Gasteiger partial charge in [-0.15, -0.1) is 0 Å². The third kappa shape index (κ3) is 3.62. The van der Waals surface area contributed by atoms with Crippen LogP contribution in [-0.4, -0.2) is 33.7 Å². The molecule has 0 aliphatic carbocycles. The molecule has 1 amide bonds. The van der Waals surface area contributed by atoms with Crippen molar-refractivity contribution in [3.05, 3.63) is 47.7 Å². The molecule has 122 valence electrons. The molecule has 5 heteroatoms. The monoisotopic (exact) mass is 312 g/mol. The van der Waals surface area contributed by atoms with Crippen molar-refractivity contribution in [2.75, 3.05) is 18.4 Å². The van der Waals surface area contributed by atoms with Gasteiger partial charge < -0.3 is 5.32 Å². The van der Waals surface area contributed by atoms with Gasteiger partial charge in [0.2, 0.25) is 5.91 Å². The van der Waals surface area contributed by atoms with E-state index in [1.165, 1.54) is 18.1 Å². The van der Waals surface area contributed by atoms with E-state index in [0.29, 0.717) is 17.9 Å². The van der Waals surface area contributed by atoms with E-state index in [4.69, 9.17) is 0 Å². The van der Waals surface area contributed by atoms with Gasteiger partial charge in [0, 0.05) is 38.3 Å². The smallest absolute Gasteiger partial charge is 0.222 e. The number of amides is 1. The molecule has 0 spiro atoms. The lowest BCUT2D eigenvalue weighted by Gasteiger charge is -2.25. The van der Waals surface area contributed by atoms with E-state index in [2.05, 4.69) is 53.4 Å². The molecule has 1 aliphatic heterocycles. The second kappa shape index (κ2) is 6.54. The van der Waals surface area contributed by atoms with Crippen LogP contribution in [0.4, 0.5) is 5.82 Å². The molecule has 1 aliphatic rings. The van der Waals surface area contributed by atoms with Crippen LogP contribution in [0.1, 0.15) is 43.5 Å². The Morgan fingerprint density at radius 3 is 2.96 bits per heavy atom. The number of benzene rings is 1. The predicted molar refractivity (Wildman–Crippen MR) is 91.4 cm³/mol. The first-order valence-electron chi connectivity index (χ1n) is 8.16. The summed E-state index contributed by atoms with van der Waals surface area (Å²) in [6.07, 6.45) is 3.04. The quantitative estimate of drug-likeness (QED) is 0.943. The summed E-state index contributed by atoms with van der Waals surface area (Å²) in [5.41, 5.74) is 2.67. The minimum Gasteiger partial charge on any atom is -0.309 e. The number of nitrogens with one attached hydrogen (secondary N) is 1. The number of hydrogen-bond acceptors (Lipinski definition) is 3. The van der Waals surface area contributed by atoms with E-state index in [0.717, 1.165) is 19.5 Å². The molecule has 2 atom stereocenters. The van der Waals surface area contributed by atoms with Gasteiger partial charge in [0.25, 0.3) is 0 Å². The Balaban J connectivity index is 1.66. The predicted octanol–water partition coefficient (Wildman–Crippen LogP) is 3.16. The molecule has 1 aromatic carbocycles. The van der Waals surface area contributed by atoms with Crippen LogP contribution in [0.5, 0.6) is 0 Å². The number of carbonyl (C=O) groups is 1. The van der Waals surface area contributed by atoms with Crippen molar-refractivity contribution >= 4 is 11.7 Å². The van der Waals surface area contributed by atoms with E-state index in [1.807, 2.05) is 16.9 Å². The van der Waals surface area contributed by atoms with Gasteiger partial charge in [0.1, 0.15) is 0 Å². The van der Waals surface area contributed by atoms with Crippen molar-refractivity contribution in [1.29, 1.82) is 0 Å². The molecule has 2 heterocycles. The second-order valence-electron chi connectivity index (χ2n) is 6.39. The fraction of sp³-hybridized carbons (Fsp3) is 0.444. The Hall–Kier alpha value is -2.14. The van der Waals surface area contributed by atoms with E-state index in [-0.39, 0.29) is 5.91 Å². The molecule has 2 aromatic rings. The molecule has 1 saturated heterocycles. The molecule has 0 bridgehead atoms. The number of aryl methyl sites for hydroxylation is 1. The van der Waals surface area contributed by atoms with Crippen molar-refractivity contribution in [1.82, 2.24) is 14.7 Å². The van der Waals surface area contributed by atoms with Crippen LogP contribution in [0.2, 0.25) is 0 Å². The van der Waals surface area contributed by atoms with Crippen LogP contribution in [0.15, 0.2) is 36.5 Å². The van der Waals surface area contributed by atoms with E-state index >= 15 is 0 Å². The lowest BCUT2D eigenvalue weighted by molar-refractivity contribution is -0.114. The number of rotatable bonds is 4. The first-order chi connectivity index (χ1) is 11.0. The average Bonchev–Trinajstić information content (AvgIpc) is 3.14. The lowest BCUT2D eigenvalue weighted by atomic mass is 10.0. The summed E-state index contributed by atoms with van der Waals surface area (Å²) < 4.78 is 1.98. The summed E-state index contributed by atoms with van der Waals surface area (Å²) in [5, 5.41) is 7.20. The third-order valence-electron chi connectivity index (χ3n) is 4.55. The van der Waals surface area contributed by atoms with Gasteiger partial charge in [-0.05, 0) is 25.8 Å². The summed E-state index contributed by atoms with van der Waals surface area (Å²) in [4.78, 5) is 13.6. The van der Waals surface area contributed by atoms with E-state index in [1.54, 1.807) is 0 Å². The minimum absolute atomic E-state index is 0.0867. The van der Waals surface area contributed by atoms with Crippen LogP contribution < -0.4 is 5.32 Å². The zero-order chi connectivity index (χ0) is 16.4. The van der Waals surface area contributed by atoms with Crippen molar-refractivity contribution in [3.8, 4) is 0 Å². The molecular weight excluding hydrogens is 288 g/mol. The van der Waals surface area contributed by atoms with Crippen molar-refractivity contribution in [3.63, 3.8) is 0 Å². The Kier molecular flexibility index (Phi) is 4.48. The maximum atomic E-state index is 11.1. The zero-order valence-electron chi connectivity index (χ0n) is 14.0. The van der Waals surface area contributed by atoms with Crippen LogP contribution >= 0.6 is 0 Å². The number of carbonyl (C=O) groups excluding carboxylic acids is 1. The van der Waals surface area contributed by atoms with Crippen molar-refractivity contribution < 1.29 is 4.79 Å². The standard InChI is InChI=1S/C18H24N4O/c1-13-5-4-6-16(11-13)14(2)21-9-7-17(12-21)22-10-8-18(20-22)19-15(3)23/h4-6,8,10-11,14,17H,7,9,12H2,1-3H3,(H,19,20,23). The molecule has 1 N–H and O–H groups in total. The molecule has 23 heavy (non-hydrogen) atoms. The van der Waals surface area contributed by atoms with Crippen molar-refractivity contribution in [2.45, 2.75) is 39.3 Å². The van der Waals surface area contributed by atoms with Gasteiger partial charge in [0.15, 0.2) is 5.82 Å². The van der Waals surface area contributed by atoms with Gasteiger partial charge in [0.05, 0.1) is 6.04 Å². The summed E-state index contributed by atoms with van der Waals surface area (Å²) in [6.45, 7) is 7.95. The zero-order valence-corrected chi connectivity index (χ0v) is 14.0. The Morgan fingerprint density at radius 1 is 1.39 bits per heavy atom. The molecule has 0 radical (unpaired) electrons. The summed E-state index contributed by atoms with van der Waals surface area (Å²) in [5.74, 6) is 0.541. The highest BCUT2D eigenvalue weighted by Gasteiger charge is 2.28.